The first-order chi connectivity index (χ1) is 13.9. The molecule has 0 fully saturated rings. The van der Waals surface area contributed by atoms with Gasteiger partial charge in [0.2, 0.25) is 0 Å². The molecule has 8 nitrogen and oxygen atoms in total. The third kappa shape index (κ3) is 5.43. The lowest BCUT2D eigenvalue weighted by Gasteiger charge is -2.08. The van der Waals surface area contributed by atoms with Crippen molar-refractivity contribution < 1.29 is 27.4 Å². The van der Waals surface area contributed by atoms with Crippen molar-refractivity contribution in [3.8, 4) is 17.2 Å². The second-order valence-electron chi connectivity index (χ2n) is 5.76. The van der Waals surface area contributed by atoms with Crippen LogP contribution in [0, 0.1) is 0 Å². The summed E-state index contributed by atoms with van der Waals surface area (Å²) in [5.74, 6) is -0.344. The van der Waals surface area contributed by atoms with Crippen LogP contribution in [0.1, 0.15) is 16.2 Å². The van der Waals surface area contributed by atoms with Crippen LogP contribution in [-0.4, -0.2) is 46.1 Å². The van der Waals surface area contributed by atoms with Gasteiger partial charge in [-0.1, -0.05) is 18.2 Å². The van der Waals surface area contributed by atoms with Crippen molar-refractivity contribution in [1.29, 1.82) is 0 Å². The zero-order chi connectivity index (χ0) is 20.9. The molecule has 0 bridgehead atoms. The third-order valence-corrected chi connectivity index (χ3v) is 3.79. The lowest BCUT2D eigenvalue weighted by Crippen LogP contribution is -2.27. The van der Waals surface area contributed by atoms with Crippen molar-refractivity contribution in [1.82, 2.24) is 25.5 Å². The van der Waals surface area contributed by atoms with Gasteiger partial charge in [0.25, 0.3) is 11.7 Å². The number of carbonyl (C=O) groups is 1. The van der Waals surface area contributed by atoms with E-state index in [1.165, 1.54) is 12.1 Å². The van der Waals surface area contributed by atoms with E-state index in [9.17, 15) is 18.0 Å². The molecular weight excluding hydrogens is 391 g/mol. The fourth-order valence-electron chi connectivity index (χ4n) is 2.50. The predicted molar refractivity (Wildman–Crippen MR) is 94.9 cm³/mol. The molecule has 3 aromatic rings. The van der Waals surface area contributed by atoms with E-state index in [-0.39, 0.29) is 11.6 Å². The molecule has 0 spiro atoms. The first-order valence-electron chi connectivity index (χ1n) is 8.42. The number of para-hydroxylation sites is 1. The van der Waals surface area contributed by atoms with E-state index in [0.717, 1.165) is 28.2 Å². The number of methoxy groups -OCH3 is 1. The topological polar surface area (TPSA) is 91.2 Å². The average molecular weight is 407 g/mol. The van der Waals surface area contributed by atoms with Gasteiger partial charge in [0, 0.05) is 6.54 Å². The molecule has 0 saturated carbocycles. The lowest BCUT2D eigenvalue weighted by atomic mass is 10.1. The molecule has 2 aromatic carbocycles. The van der Waals surface area contributed by atoms with E-state index in [4.69, 9.17) is 4.74 Å². The van der Waals surface area contributed by atoms with Gasteiger partial charge in [0.1, 0.15) is 11.5 Å². The minimum atomic E-state index is -4.78. The lowest BCUT2D eigenvalue weighted by molar-refractivity contribution is -0.274. The number of aromatic nitrogens is 4. The maximum atomic E-state index is 12.2. The van der Waals surface area contributed by atoms with Crippen molar-refractivity contribution in [2.75, 3.05) is 13.7 Å². The van der Waals surface area contributed by atoms with E-state index < -0.39 is 12.3 Å². The highest BCUT2D eigenvalue weighted by Gasteiger charge is 2.31. The monoisotopic (exact) mass is 407 g/mol. The largest absolute Gasteiger partial charge is 0.573 e. The van der Waals surface area contributed by atoms with Crippen LogP contribution >= 0.6 is 0 Å². The van der Waals surface area contributed by atoms with Crippen LogP contribution in [0.2, 0.25) is 0 Å². The fraction of sp³-hybridized carbons (Fsp3) is 0.222. The molecule has 0 aliphatic rings. The second-order valence-corrected chi connectivity index (χ2v) is 5.76. The normalized spacial score (nSPS) is 11.2. The Morgan fingerprint density at radius 1 is 1.14 bits per heavy atom. The zero-order valence-electron chi connectivity index (χ0n) is 15.2. The molecule has 0 aliphatic carbocycles. The number of tetrazole rings is 1. The SMILES string of the molecule is COc1ccccc1CCNC(=O)c1nnn(-c2ccc(OC(F)(F)F)cc2)n1. The van der Waals surface area contributed by atoms with Crippen LogP contribution in [0.15, 0.2) is 48.5 Å². The summed E-state index contributed by atoms with van der Waals surface area (Å²) in [7, 11) is 1.57. The Morgan fingerprint density at radius 3 is 2.55 bits per heavy atom. The molecule has 0 unspecified atom stereocenters. The smallest absolute Gasteiger partial charge is 0.496 e. The number of alkyl halides is 3. The van der Waals surface area contributed by atoms with Crippen molar-refractivity contribution in [3.05, 3.63) is 59.9 Å². The van der Waals surface area contributed by atoms with Gasteiger partial charge in [0.15, 0.2) is 0 Å². The molecule has 0 atom stereocenters. The maximum Gasteiger partial charge on any atom is 0.573 e. The average Bonchev–Trinajstić information content (AvgIpc) is 3.18. The highest BCUT2D eigenvalue weighted by atomic mass is 19.4. The highest BCUT2D eigenvalue weighted by Crippen LogP contribution is 2.23. The quantitative estimate of drug-likeness (QED) is 0.647. The van der Waals surface area contributed by atoms with Crippen LogP contribution in [0.4, 0.5) is 13.2 Å². The fourth-order valence-corrected chi connectivity index (χ4v) is 2.50. The van der Waals surface area contributed by atoms with Gasteiger partial charge >= 0.3 is 6.36 Å². The molecule has 11 heteroatoms. The van der Waals surface area contributed by atoms with Gasteiger partial charge in [-0.25, -0.2) is 0 Å². The van der Waals surface area contributed by atoms with Gasteiger partial charge in [-0.05, 0) is 47.5 Å². The number of hydrogen-bond acceptors (Lipinski definition) is 6. The Balaban J connectivity index is 1.58. The van der Waals surface area contributed by atoms with Crippen molar-refractivity contribution >= 4 is 5.91 Å². The van der Waals surface area contributed by atoms with Gasteiger partial charge in [-0.3, -0.25) is 4.79 Å². The molecule has 0 radical (unpaired) electrons. The molecule has 1 N–H and O–H groups in total. The van der Waals surface area contributed by atoms with Crippen LogP contribution in [0.25, 0.3) is 5.69 Å². The van der Waals surface area contributed by atoms with Crippen LogP contribution < -0.4 is 14.8 Å². The highest BCUT2D eigenvalue weighted by molar-refractivity contribution is 5.90. The Morgan fingerprint density at radius 2 is 1.86 bits per heavy atom. The number of nitrogens with one attached hydrogen (secondary N) is 1. The Bertz CT molecular complexity index is 973. The number of ether oxygens (including phenoxy) is 2. The minimum absolute atomic E-state index is 0.166. The van der Waals surface area contributed by atoms with Gasteiger partial charge in [-0.2, -0.15) is 0 Å². The van der Waals surface area contributed by atoms with E-state index in [2.05, 4.69) is 25.5 Å². The summed E-state index contributed by atoms with van der Waals surface area (Å²) in [5, 5.41) is 14.0. The predicted octanol–water partition coefficient (Wildman–Crippen LogP) is 2.54. The van der Waals surface area contributed by atoms with Crippen molar-refractivity contribution in [2.45, 2.75) is 12.8 Å². The first-order valence-corrected chi connectivity index (χ1v) is 8.42. The van der Waals surface area contributed by atoms with E-state index in [0.29, 0.717) is 18.7 Å². The molecule has 0 saturated heterocycles. The maximum absolute atomic E-state index is 12.2. The molecule has 1 amide bonds. The number of amides is 1. The molecule has 1 heterocycles. The van der Waals surface area contributed by atoms with Crippen LogP contribution in [0.3, 0.4) is 0 Å². The molecule has 29 heavy (non-hydrogen) atoms. The molecule has 1 aromatic heterocycles. The summed E-state index contributed by atoms with van der Waals surface area (Å²) >= 11 is 0. The summed E-state index contributed by atoms with van der Waals surface area (Å²) in [6, 6.07) is 12.3. The van der Waals surface area contributed by atoms with Crippen molar-refractivity contribution in [2.24, 2.45) is 0 Å². The minimum Gasteiger partial charge on any atom is -0.496 e. The number of halogens is 3. The van der Waals surface area contributed by atoms with E-state index in [1.54, 1.807) is 7.11 Å². The standard InChI is InChI=1S/C18H16F3N5O3/c1-28-15-5-3-2-4-12(15)10-11-22-17(27)16-23-25-26(24-16)13-6-8-14(9-7-13)29-18(19,20)21/h2-9H,10-11H2,1H3,(H,22,27). The van der Waals surface area contributed by atoms with Gasteiger partial charge < -0.3 is 14.8 Å². The van der Waals surface area contributed by atoms with Crippen LogP contribution in [-0.2, 0) is 6.42 Å². The molecule has 3 rings (SSSR count). The third-order valence-electron chi connectivity index (χ3n) is 3.79. The van der Waals surface area contributed by atoms with Crippen molar-refractivity contribution in [3.63, 3.8) is 0 Å². The van der Waals surface area contributed by atoms with Crippen LogP contribution in [0.5, 0.6) is 11.5 Å². The molecular formula is C18H16F3N5O3. The van der Waals surface area contributed by atoms with E-state index in [1.807, 2.05) is 24.3 Å². The number of carbonyl (C=O) groups excluding carboxylic acids is 1. The number of hydrogen-bond donors (Lipinski definition) is 1. The Hall–Kier alpha value is -3.63. The second kappa shape index (κ2) is 8.59. The van der Waals surface area contributed by atoms with Gasteiger partial charge in [-0.15, -0.1) is 28.2 Å². The number of nitrogens with zero attached hydrogens (tertiary/aromatic N) is 4. The first kappa shape index (κ1) is 20.1. The summed E-state index contributed by atoms with van der Waals surface area (Å²) in [6.45, 7) is 0.331. The summed E-state index contributed by atoms with van der Waals surface area (Å²) in [4.78, 5) is 13.2. The Kier molecular flexibility index (Phi) is 5.96. The van der Waals surface area contributed by atoms with E-state index >= 15 is 0 Å². The summed E-state index contributed by atoms with van der Waals surface area (Å²) in [5.41, 5.74) is 1.26. The summed E-state index contributed by atoms with van der Waals surface area (Å²) in [6.07, 6.45) is -4.23. The zero-order valence-corrected chi connectivity index (χ0v) is 15.2. The van der Waals surface area contributed by atoms with Gasteiger partial charge in [0.05, 0.1) is 12.8 Å². The number of benzene rings is 2. The number of rotatable bonds is 7. The molecule has 0 aliphatic heterocycles. The summed E-state index contributed by atoms with van der Waals surface area (Å²) < 4.78 is 45.6. The molecule has 152 valence electrons. The Labute approximate surface area is 163 Å².